The third kappa shape index (κ3) is 1.99. The van der Waals surface area contributed by atoms with Gasteiger partial charge >= 0.3 is 0 Å². The van der Waals surface area contributed by atoms with Gasteiger partial charge in [0.25, 0.3) is 0 Å². The van der Waals surface area contributed by atoms with Gasteiger partial charge in [0.05, 0.1) is 12.1 Å². The van der Waals surface area contributed by atoms with Gasteiger partial charge in [0, 0.05) is 13.1 Å². The van der Waals surface area contributed by atoms with E-state index in [0.717, 1.165) is 24.9 Å². The molecule has 0 aromatic heterocycles. The highest BCUT2D eigenvalue weighted by Gasteiger charge is 2.51. The summed E-state index contributed by atoms with van der Waals surface area (Å²) in [7, 11) is 0. The number of carbonyl (C=O) groups excluding carboxylic acids is 1. The molecule has 3 aliphatic rings. The Bertz CT molecular complexity index is 900. The summed E-state index contributed by atoms with van der Waals surface area (Å²) in [5.74, 6) is -0.636. The molecule has 2 aromatic carbocycles. The van der Waals surface area contributed by atoms with Crippen molar-refractivity contribution in [1.29, 1.82) is 5.26 Å². The van der Waals surface area contributed by atoms with Crippen LogP contribution in [0.3, 0.4) is 0 Å². The van der Waals surface area contributed by atoms with Crippen LogP contribution in [-0.4, -0.2) is 28.8 Å². The summed E-state index contributed by atoms with van der Waals surface area (Å²) in [6.07, 6.45) is 1.79. The van der Waals surface area contributed by atoms with Crippen LogP contribution in [0, 0.1) is 17.2 Å². The maximum atomic E-state index is 13.1. The Labute approximate surface area is 147 Å². The van der Waals surface area contributed by atoms with Crippen LogP contribution in [0.15, 0.2) is 48.5 Å². The summed E-state index contributed by atoms with van der Waals surface area (Å²) >= 11 is 0. The summed E-state index contributed by atoms with van der Waals surface area (Å²) in [6, 6.07) is 18.9. The van der Waals surface area contributed by atoms with Crippen LogP contribution >= 0.6 is 0 Å². The fourth-order valence-corrected chi connectivity index (χ4v) is 4.84. The van der Waals surface area contributed by atoms with E-state index in [1.165, 1.54) is 16.7 Å². The lowest BCUT2D eigenvalue weighted by molar-refractivity contribution is -0.157. The van der Waals surface area contributed by atoms with E-state index >= 15 is 0 Å². The number of hydrogen-bond acceptors (Lipinski definition) is 3. The molecule has 3 aliphatic heterocycles. The topological polar surface area (TPSA) is 47.3 Å². The highest BCUT2D eigenvalue weighted by Crippen LogP contribution is 2.48. The Morgan fingerprint density at radius 2 is 1.56 bits per heavy atom. The van der Waals surface area contributed by atoms with Crippen LogP contribution in [0.1, 0.15) is 34.5 Å². The highest BCUT2D eigenvalue weighted by atomic mass is 16.2. The van der Waals surface area contributed by atoms with Crippen LogP contribution in [0.25, 0.3) is 0 Å². The monoisotopic (exact) mass is 329 g/mol. The van der Waals surface area contributed by atoms with E-state index in [1.54, 1.807) is 0 Å². The minimum absolute atomic E-state index is 0.0139. The van der Waals surface area contributed by atoms with Crippen LogP contribution in [0.5, 0.6) is 0 Å². The van der Waals surface area contributed by atoms with Crippen molar-refractivity contribution in [2.75, 3.05) is 13.1 Å². The van der Waals surface area contributed by atoms with Crippen LogP contribution < -0.4 is 0 Å². The van der Waals surface area contributed by atoms with Gasteiger partial charge < -0.3 is 4.90 Å². The molecule has 0 saturated carbocycles. The predicted molar refractivity (Wildman–Crippen MR) is 93.3 cm³/mol. The first kappa shape index (κ1) is 14.7. The number of nitrogens with zero attached hydrogens (tertiary/aromatic N) is 3. The van der Waals surface area contributed by atoms with Gasteiger partial charge in [-0.3, -0.25) is 9.69 Å². The molecule has 4 heteroatoms. The van der Waals surface area contributed by atoms with Gasteiger partial charge in [-0.05, 0) is 35.1 Å². The summed E-state index contributed by atoms with van der Waals surface area (Å²) in [4.78, 5) is 17.5. The van der Waals surface area contributed by atoms with Crippen molar-refractivity contribution >= 4 is 5.91 Å². The van der Waals surface area contributed by atoms with Crippen molar-refractivity contribution in [2.24, 2.45) is 5.92 Å². The van der Waals surface area contributed by atoms with Gasteiger partial charge in [0.15, 0.2) is 0 Å². The molecular weight excluding hydrogens is 310 g/mol. The van der Waals surface area contributed by atoms with Gasteiger partial charge in [-0.2, -0.15) is 5.26 Å². The molecule has 0 unspecified atom stereocenters. The van der Waals surface area contributed by atoms with Crippen LogP contribution in [0.2, 0.25) is 0 Å². The van der Waals surface area contributed by atoms with Gasteiger partial charge in [-0.15, -0.1) is 0 Å². The molecule has 0 bridgehead atoms. The smallest absolute Gasteiger partial charge is 0.243 e. The maximum absolute atomic E-state index is 13.1. The SMILES string of the molecule is N#C[C@H]1C(=O)N2CCc3ccccc3[C@@H]2N2CCc3ccccc3[C@H]12. The van der Waals surface area contributed by atoms with Gasteiger partial charge in [0.2, 0.25) is 5.91 Å². The number of hydrogen-bond donors (Lipinski definition) is 0. The summed E-state index contributed by atoms with van der Waals surface area (Å²) in [6.45, 7) is 1.58. The van der Waals surface area contributed by atoms with Gasteiger partial charge in [-0.25, -0.2) is 0 Å². The van der Waals surface area contributed by atoms with E-state index in [0.29, 0.717) is 6.54 Å². The van der Waals surface area contributed by atoms with E-state index in [9.17, 15) is 10.1 Å². The molecule has 2 aromatic rings. The number of rotatable bonds is 0. The Morgan fingerprint density at radius 1 is 0.920 bits per heavy atom. The standard InChI is InChI=1S/C21H19N3O/c22-13-18-19-16-7-3-1-5-14(16)9-11-23(19)20-17-8-4-2-6-15(17)10-12-24(20)21(18)25/h1-8,18-20H,9-12H2/t18-,19-,20-/m1/s1. The van der Waals surface area contributed by atoms with Crippen LogP contribution in [0.4, 0.5) is 0 Å². The molecule has 0 N–H and O–H groups in total. The third-order valence-corrected chi connectivity index (χ3v) is 5.94. The normalized spacial score (nSPS) is 27.6. The average Bonchev–Trinajstić information content (AvgIpc) is 2.67. The van der Waals surface area contributed by atoms with Crippen molar-refractivity contribution in [1.82, 2.24) is 9.80 Å². The van der Waals surface area contributed by atoms with Crippen molar-refractivity contribution in [3.05, 3.63) is 70.8 Å². The number of amides is 1. The fourth-order valence-electron chi connectivity index (χ4n) is 4.84. The second-order valence-electron chi connectivity index (χ2n) is 7.09. The first-order chi connectivity index (χ1) is 12.3. The largest absolute Gasteiger partial charge is 0.321 e. The molecular formula is C21H19N3O. The first-order valence-electron chi connectivity index (χ1n) is 8.91. The maximum Gasteiger partial charge on any atom is 0.243 e. The lowest BCUT2D eigenvalue weighted by Gasteiger charge is -2.54. The summed E-state index contributed by atoms with van der Waals surface area (Å²) < 4.78 is 0. The van der Waals surface area contributed by atoms with Crippen LogP contribution in [-0.2, 0) is 17.6 Å². The second kappa shape index (κ2) is 5.44. The lowest BCUT2D eigenvalue weighted by atomic mass is 9.79. The average molecular weight is 329 g/mol. The Morgan fingerprint density at radius 3 is 2.32 bits per heavy atom. The third-order valence-electron chi connectivity index (χ3n) is 5.94. The Kier molecular flexibility index (Phi) is 3.19. The molecule has 0 aliphatic carbocycles. The second-order valence-corrected chi connectivity index (χ2v) is 7.09. The number of benzene rings is 2. The van der Waals surface area contributed by atoms with E-state index < -0.39 is 5.92 Å². The summed E-state index contributed by atoms with van der Waals surface area (Å²) in [5, 5.41) is 9.79. The van der Waals surface area contributed by atoms with Crippen molar-refractivity contribution in [2.45, 2.75) is 25.0 Å². The van der Waals surface area contributed by atoms with Crippen molar-refractivity contribution in [3.63, 3.8) is 0 Å². The lowest BCUT2D eigenvalue weighted by Crippen LogP contribution is -2.59. The number of nitriles is 1. The molecule has 0 spiro atoms. The first-order valence-corrected chi connectivity index (χ1v) is 8.91. The summed E-state index contributed by atoms with van der Waals surface area (Å²) in [5.41, 5.74) is 4.97. The van der Waals surface area contributed by atoms with E-state index in [1.807, 2.05) is 17.0 Å². The fraction of sp³-hybridized carbons (Fsp3) is 0.333. The Balaban J connectivity index is 1.69. The molecule has 3 heterocycles. The Hall–Kier alpha value is -2.64. The predicted octanol–water partition coefficient (Wildman–Crippen LogP) is 2.82. The quantitative estimate of drug-likeness (QED) is 0.747. The zero-order valence-corrected chi connectivity index (χ0v) is 13.9. The molecule has 1 saturated heterocycles. The van der Waals surface area contributed by atoms with Gasteiger partial charge in [-0.1, -0.05) is 48.5 Å². The molecule has 1 amide bonds. The zero-order chi connectivity index (χ0) is 17.0. The molecule has 25 heavy (non-hydrogen) atoms. The van der Waals surface area contributed by atoms with Crippen molar-refractivity contribution in [3.8, 4) is 6.07 Å². The minimum atomic E-state index is -0.622. The van der Waals surface area contributed by atoms with Crippen molar-refractivity contribution < 1.29 is 4.79 Å². The molecule has 0 radical (unpaired) electrons. The zero-order valence-electron chi connectivity index (χ0n) is 13.9. The molecule has 5 rings (SSSR count). The number of fused-ring (bicyclic) bond motifs is 7. The van der Waals surface area contributed by atoms with E-state index in [-0.39, 0.29) is 18.1 Å². The van der Waals surface area contributed by atoms with E-state index in [4.69, 9.17) is 0 Å². The molecule has 3 atom stereocenters. The highest BCUT2D eigenvalue weighted by molar-refractivity contribution is 5.84. The molecule has 124 valence electrons. The molecule has 1 fully saturated rings. The molecule has 4 nitrogen and oxygen atoms in total. The van der Waals surface area contributed by atoms with Gasteiger partial charge in [0.1, 0.15) is 12.1 Å². The minimum Gasteiger partial charge on any atom is -0.321 e. The number of carbonyl (C=O) groups is 1. The van der Waals surface area contributed by atoms with E-state index in [2.05, 4.69) is 47.4 Å².